The second-order valence-electron chi connectivity index (χ2n) is 8.42. The van der Waals surface area contributed by atoms with Crippen LogP contribution in [0.1, 0.15) is 44.6 Å². The van der Waals surface area contributed by atoms with Gasteiger partial charge in [0.1, 0.15) is 5.75 Å². The third kappa shape index (κ3) is 5.80. The van der Waals surface area contributed by atoms with Crippen LogP contribution < -0.4 is 15.4 Å². The maximum atomic E-state index is 6.36. The van der Waals surface area contributed by atoms with E-state index in [9.17, 15) is 0 Å². The van der Waals surface area contributed by atoms with E-state index in [1.54, 1.807) is 7.11 Å². The molecule has 0 radical (unpaired) electrons. The van der Waals surface area contributed by atoms with Crippen LogP contribution in [0, 0.1) is 0 Å². The molecular weight excluding hydrogens is 400 g/mol. The third-order valence-electron chi connectivity index (χ3n) is 6.47. The van der Waals surface area contributed by atoms with E-state index >= 15 is 0 Å². The molecule has 2 heterocycles. The first-order valence-electron chi connectivity index (χ1n) is 11.2. The normalized spacial score (nSPS) is 20.7. The fraction of sp³-hybridized carbons (Fsp3) is 0.696. The van der Waals surface area contributed by atoms with Gasteiger partial charge in [-0.15, -0.1) is 0 Å². The zero-order chi connectivity index (χ0) is 21.4. The van der Waals surface area contributed by atoms with Crippen molar-refractivity contribution in [3.05, 3.63) is 28.8 Å². The molecule has 1 aromatic carbocycles. The highest BCUT2D eigenvalue weighted by molar-refractivity contribution is 6.30. The number of aliphatic imine (C=N–C) groups is 1. The van der Waals surface area contributed by atoms with Gasteiger partial charge in [0.2, 0.25) is 0 Å². The van der Waals surface area contributed by atoms with Crippen molar-refractivity contribution in [2.24, 2.45) is 4.99 Å². The van der Waals surface area contributed by atoms with Crippen LogP contribution in [0.4, 0.5) is 0 Å². The van der Waals surface area contributed by atoms with Crippen molar-refractivity contribution in [1.82, 2.24) is 15.5 Å². The van der Waals surface area contributed by atoms with Gasteiger partial charge in [-0.1, -0.05) is 18.5 Å². The molecule has 6 nitrogen and oxygen atoms in total. The van der Waals surface area contributed by atoms with E-state index in [0.29, 0.717) is 6.04 Å². The Bertz CT molecular complexity index is 698. The van der Waals surface area contributed by atoms with Gasteiger partial charge in [0.15, 0.2) is 5.96 Å². The van der Waals surface area contributed by atoms with Gasteiger partial charge in [0.25, 0.3) is 0 Å². The minimum absolute atomic E-state index is 0.101. The Kier molecular flexibility index (Phi) is 8.66. The van der Waals surface area contributed by atoms with Crippen molar-refractivity contribution in [1.29, 1.82) is 0 Å². The molecule has 168 valence electrons. The highest BCUT2D eigenvalue weighted by atomic mass is 35.5. The summed E-state index contributed by atoms with van der Waals surface area (Å²) in [5.41, 5.74) is 1.05. The minimum atomic E-state index is -0.101. The number of ether oxygens (including phenoxy) is 2. The lowest BCUT2D eigenvalue weighted by Crippen LogP contribution is -2.52. The van der Waals surface area contributed by atoms with Crippen molar-refractivity contribution in [2.45, 2.75) is 50.5 Å². The molecule has 0 atom stereocenters. The maximum absolute atomic E-state index is 6.36. The Labute approximate surface area is 186 Å². The quantitative estimate of drug-likeness (QED) is 0.506. The minimum Gasteiger partial charge on any atom is -0.496 e. The first-order chi connectivity index (χ1) is 14.6. The lowest BCUT2D eigenvalue weighted by atomic mass is 9.73. The van der Waals surface area contributed by atoms with Gasteiger partial charge in [-0.3, -0.25) is 4.99 Å². The second kappa shape index (κ2) is 11.2. The summed E-state index contributed by atoms with van der Waals surface area (Å²) in [6, 6.07) is 6.37. The van der Waals surface area contributed by atoms with E-state index in [1.165, 1.54) is 13.0 Å². The number of likely N-dealkylation sites (tertiary alicyclic amines) is 1. The standard InChI is InChI=1S/C23H37ClN4O2/c1-4-11-28-12-7-19(8-13-28)27-22(25-2)26-17-23(9-14-30-15-10-23)20-16-18(24)5-6-21(20)29-3/h5-6,16,19H,4,7-15,17H2,1-3H3,(H2,25,26,27). The molecule has 0 aromatic heterocycles. The lowest BCUT2D eigenvalue weighted by molar-refractivity contribution is 0.0505. The van der Waals surface area contributed by atoms with Crippen molar-refractivity contribution < 1.29 is 9.47 Å². The van der Waals surface area contributed by atoms with Crippen LogP contribution in [0.15, 0.2) is 23.2 Å². The number of methoxy groups -OCH3 is 1. The van der Waals surface area contributed by atoms with Crippen LogP contribution in [-0.4, -0.2) is 70.5 Å². The highest BCUT2D eigenvalue weighted by Crippen LogP contribution is 2.40. The lowest BCUT2D eigenvalue weighted by Gasteiger charge is -2.39. The first-order valence-corrected chi connectivity index (χ1v) is 11.6. The molecule has 0 amide bonds. The molecule has 2 fully saturated rings. The van der Waals surface area contributed by atoms with Crippen LogP contribution in [0.5, 0.6) is 5.75 Å². The zero-order valence-corrected chi connectivity index (χ0v) is 19.4. The molecule has 0 saturated carbocycles. The molecule has 3 rings (SSSR count). The Hall–Kier alpha value is -1.50. The topological polar surface area (TPSA) is 58.1 Å². The van der Waals surface area contributed by atoms with Crippen molar-refractivity contribution >= 4 is 17.6 Å². The van der Waals surface area contributed by atoms with Gasteiger partial charge in [-0.2, -0.15) is 0 Å². The predicted molar refractivity (Wildman–Crippen MR) is 124 cm³/mol. The Morgan fingerprint density at radius 1 is 1.30 bits per heavy atom. The summed E-state index contributed by atoms with van der Waals surface area (Å²) in [4.78, 5) is 7.05. The number of rotatable bonds is 7. The molecule has 2 aliphatic heterocycles. The molecule has 2 N–H and O–H groups in total. The van der Waals surface area contributed by atoms with Crippen molar-refractivity contribution in [3.8, 4) is 5.75 Å². The SMILES string of the molecule is CCCN1CCC(NC(=NC)NCC2(c3cc(Cl)ccc3OC)CCOCC2)CC1. The molecule has 30 heavy (non-hydrogen) atoms. The Morgan fingerprint density at radius 2 is 2.03 bits per heavy atom. The number of hydrogen-bond acceptors (Lipinski definition) is 4. The van der Waals surface area contributed by atoms with Crippen LogP contribution in [0.2, 0.25) is 5.02 Å². The van der Waals surface area contributed by atoms with Gasteiger partial charge in [-0.25, -0.2) is 0 Å². The summed E-state index contributed by atoms with van der Waals surface area (Å²) in [6.07, 6.45) is 5.37. The predicted octanol–water partition coefficient (Wildman–Crippen LogP) is 3.44. The van der Waals surface area contributed by atoms with Crippen LogP contribution in [-0.2, 0) is 10.2 Å². The molecule has 0 aliphatic carbocycles. The fourth-order valence-corrected chi connectivity index (χ4v) is 4.83. The monoisotopic (exact) mass is 436 g/mol. The molecular formula is C23H37ClN4O2. The van der Waals surface area contributed by atoms with E-state index in [2.05, 4.69) is 27.4 Å². The summed E-state index contributed by atoms with van der Waals surface area (Å²) in [5.74, 6) is 1.75. The molecule has 0 spiro atoms. The van der Waals surface area contributed by atoms with Crippen molar-refractivity contribution in [3.63, 3.8) is 0 Å². The molecule has 7 heteroatoms. The van der Waals surface area contributed by atoms with Crippen LogP contribution >= 0.6 is 11.6 Å². The van der Waals surface area contributed by atoms with Crippen LogP contribution in [0.25, 0.3) is 0 Å². The number of nitrogens with zero attached hydrogens (tertiary/aromatic N) is 2. The number of halogens is 1. The molecule has 1 aromatic rings. The molecule has 2 aliphatic rings. The van der Waals surface area contributed by atoms with E-state index < -0.39 is 0 Å². The van der Waals surface area contributed by atoms with Gasteiger partial charge < -0.3 is 25.0 Å². The van der Waals surface area contributed by atoms with Gasteiger partial charge in [0.05, 0.1) is 7.11 Å². The van der Waals surface area contributed by atoms with Crippen molar-refractivity contribution in [2.75, 3.05) is 53.6 Å². The average molecular weight is 437 g/mol. The number of nitrogens with one attached hydrogen (secondary N) is 2. The number of hydrogen-bond donors (Lipinski definition) is 2. The Balaban J connectivity index is 1.66. The summed E-state index contributed by atoms with van der Waals surface area (Å²) >= 11 is 6.36. The average Bonchev–Trinajstić information content (AvgIpc) is 2.78. The summed E-state index contributed by atoms with van der Waals surface area (Å²) in [6.45, 7) is 8.00. The molecule has 0 unspecified atom stereocenters. The smallest absolute Gasteiger partial charge is 0.191 e. The number of guanidine groups is 1. The van der Waals surface area contributed by atoms with E-state index in [0.717, 1.165) is 80.8 Å². The van der Waals surface area contributed by atoms with Gasteiger partial charge in [-0.05, 0) is 56.8 Å². The maximum Gasteiger partial charge on any atom is 0.191 e. The third-order valence-corrected chi connectivity index (χ3v) is 6.70. The molecule has 0 bridgehead atoms. The summed E-state index contributed by atoms with van der Waals surface area (Å²) < 4.78 is 11.4. The number of piperidine rings is 1. The van der Waals surface area contributed by atoms with E-state index in [4.69, 9.17) is 21.1 Å². The fourth-order valence-electron chi connectivity index (χ4n) is 4.66. The Morgan fingerprint density at radius 3 is 2.67 bits per heavy atom. The number of benzene rings is 1. The summed E-state index contributed by atoms with van der Waals surface area (Å²) in [7, 11) is 3.57. The largest absolute Gasteiger partial charge is 0.496 e. The first kappa shape index (κ1) is 23.2. The van der Waals surface area contributed by atoms with Crippen LogP contribution in [0.3, 0.4) is 0 Å². The molecule has 2 saturated heterocycles. The summed E-state index contributed by atoms with van der Waals surface area (Å²) in [5, 5.41) is 7.98. The zero-order valence-electron chi connectivity index (χ0n) is 18.7. The van der Waals surface area contributed by atoms with E-state index in [-0.39, 0.29) is 5.41 Å². The van der Waals surface area contributed by atoms with Gasteiger partial charge in [0, 0.05) is 61.9 Å². The van der Waals surface area contributed by atoms with E-state index in [1.807, 2.05) is 25.2 Å². The second-order valence-corrected chi connectivity index (χ2v) is 8.86. The highest BCUT2D eigenvalue weighted by Gasteiger charge is 2.37. The van der Waals surface area contributed by atoms with Gasteiger partial charge >= 0.3 is 0 Å².